The number of likely N-dealkylation sites (tertiary alicyclic amines) is 1. The van der Waals surface area contributed by atoms with Crippen LogP contribution in [0.15, 0.2) is 17.6 Å². The lowest BCUT2D eigenvalue weighted by Gasteiger charge is -2.19. The first kappa shape index (κ1) is 19.5. The smallest absolute Gasteiger partial charge is 0.245 e. The fourth-order valence-corrected chi connectivity index (χ4v) is 4.20. The zero-order valence-electron chi connectivity index (χ0n) is 17.8. The van der Waals surface area contributed by atoms with Crippen LogP contribution in [0.2, 0.25) is 0 Å². The van der Waals surface area contributed by atoms with Gasteiger partial charge in [-0.2, -0.15) is 15.2 Å². The van der Waals surface area contributed by atoms with Gasteiger partial charge in [-0.25, -0.2) is 9.97 Å². The summed E-state index contributed by atoms with van der Waals surface area (Å²) < 4.78 is 10.1. The van der Waals surface area contributed by atoms with E-state index in [4.69, 9.17) is 9.72 Å². The molecular weight excluding hydrogens is 398 g/mol. The van der Waals surface area contributed by atoms with Crippen LogP contribution >= 0.6 is 0 Å². The molecule has 1 unspecified atom stereocenters. The van der Waals surface area contributed by atoms with Crippen LogP contribution in [-0.4, -0.2) is 72.1 Å². The van der Waals surface area contributed by atoms with E-state index in [0.717, 1.165) is 30.0 Å². The van der Waals surface area contributed by atoms with E-state index in [9.17, 15) is 4.79 Å². The molecule has 2 aliphatic heterocycles. The number of hydrogen-bond acceptors (Lipinski definition) is 8. The molecule has 0 radical (unpaired) electrons. The molecule has 1 saturated heterocycles. The number of hydrogen-bond donors (Lipinski definition) is 1. The number of amides is 1. The Balaban J connectivity index is 1.39. The van der Waals surface area contributed by atoms with Crippen LogP contribution in [0.4, 0.5) is 0 Å². The van der Waals surface area contributed by atoms with E-state index in [1.54, 1.807) is 6.21 Å². The topological polar surface area (TPSA) is 115 Å². The number of carbonyl (C=O) groups is 1. The van der Waals surface area contributed by atoms with E-state index >= 15 is 0 Å². The Morgan fingerprint density at radius 2 is 2.23 bits per heavy atom. The molecule has 0 spiro atoms. The Morgan fingerprint density at radius 3 is 2.97 bits per heavy atom. The third-order valence-corrected chi connectivity index (χ3v) is 5.98. The molecule has 11 nitrogen and oxygen atoms in total. The first-order valence-electron chi connectivity index (χ1n) is 10.5. The van der Waals surface area contributed by atoms with E-state index in [1.165, 1.54) is 6.33 Å². The molecule has 5 rings (SSSR count). The molecule has 0 aromatic carbocycles. The number of fused-ring (bicyclic) bond motifs is 1. The fourth-order valence-electron chi connectivity index (χ4n) is 4.20. The van der Waals surface area contributed by atoms with Gasteiger partial charge in [0.1, 0.15) is 18.3 Å². The summed E-state index contributed by atoms with van der Waals surface area (Å²) in [6, 6.07) is 0. The molecule has 2 atom stereocenters. The van der Waals surface area contributed by atoms with E-state index in [1.807, 2.05) is 34.3 Å². The lowest BCUT2D eigenvalue weighted by atomic mass is 10.1. The highest BCUT2D eigenvalue weighted by atomic mass is 16.5. The molecule has 162 valence electrons. The average molecular weight is 423 g/mol. The summed E-state index contributed by atoms with van der Waals surface area (Å²) in [6.07, 6.45) is 5.60. The molecule has 3 aromatic heterocycles. The number of ether oxygens (including phenoxy) is 1. The molecule has 31 heavy (non-hydrogen) atoms. The number of aromatic nitrogens is 6. The molecule has 1 amide bonds. The summed E-state index contributed by atoms with van der Waals surface area (Å²) in [5.41, 5.74) is 6.15. The zero-order chi connectivity index (χ0) is 21.5. The van der Waals surface area contributed by atoms with Gasteiger partial charge in [0.15, 0.2) is 11.2 Å². The zero-order valence-corrected chi connectivity index (χ0v) is 17.8. The van der Waals surface area contributed by atoms with Gasteiger partial charge < -0.3 is 19.6 Å². The second kappa shape index (κ2) is 7.64. The van der Waals surface area contributed by atoms with Crippen LogP contribution in [0, 0.1) is 12.8 Å². The van der Waals surface area contributed by atoms with Crippen molar-refractivity contribution in [3.8, 4) is 17.3 Å². The standard InChI is InChI=1S/C20H25N9O2/c1-4-29-12(2)15(9-25-29)17-26-16-18(27(17)3)21-11-22-19(16)31-14-5-6-28(10-14)20(30)13-7-23-24-8-13/h7,9,11,13-14,24H,4-6,8,10H2,1-3H3/t13?,14-/m0/s1. The van der Waals surface area contributed by atoms with Crippen molar-refractivity contribution >= 4 is 23.3 Å². The second-order valence-electron chi connectivity index (χ2n) is 7.86. The van der Waals surface area contributed by atoms with Gasteiger partial charge in [0.05, 0.1) is 24.2 Å². The van der Waals surface area contributed by atoms with Crippen LogP contribution in [0.25, 0.3) is 22.6 Å². The first-order chi connectivity index (χ1) is 15.1. The Bertz CT molecular complexity index is 1170. The summed E-state index contributed by atoms with van der Waals surface area (Å²) in [5, 5.41) is 8.37. The van der Waals surface area contributed by atoms with E-state index in [-0.39, 0.29) is 17.9 Å². The average Bonchev–Trinajstić information content (AvgIpc) is 3.56. The molecule has 0 aliphatic carbocycles. The second-order valence-corrected chi connectivity index (χ2v) is 7.86. The minimum atomic E-state index is -0.199. The van der Waals surface area contributed by atoms with Gasteiger partial charge in [-0.05, 0) is 13.8 Å². The van der Waals surface area contributed by atoms with Gasteiger partial charge in [0.25, 0.3) is 0 Å². The summed E-state index contributed by atoms with van der Waals surface area (Å²) in [6.45, 7) is 6.62. The minimum absolute atomic E-state index is 0.0798. The molecule has 0 bridgehead atoms. The highest BCUT2D eigenvalue weighted by molar-refractivity contribution is 5.94. The van der Waals surface area contributed by atoms with Crippen molar-refractivity contribution < 1.29 is 9.53 Å². The van der Waals surface area contributed by atoms with Crippen molar-refractivity contribution in [1.29, 1.82) is 0 Å². The number of imidazole rings is 1. The maximum absolute atomic E-state index is 12.6. The van der Waals surface area contributed by atoms with Gasteiger partial charge in [-0.3, -0.25) is 9.48 Å². The number of rotatable bonds is 5. The molecule has 1 N–H and O–H groups in total. The third-order valence-electron chi connectivity index (χ3n) is 5.98. The third kappa shape index (κ3) is 3.29. The maximum Gasteiger partial charge on any atom is 0.245 e. The van der Waals surface area contributed by atoms with Crippen molar-refractivity contribution in [2.24, 2.45) is 18.1 Å². The molecule has 0 saturated carbocycles. The van der Waals surface area contributed by atoms with Crippen LogP contribution in [0.1, 0.15) is 19.0 Å². The fraction of sp³-hybridized carbons (Fsp3) is 0.500. The highest BCUT2D eigenvalue weighted by Crippen LogP contribution is 2.30. The molecular formula is C20H25N9O2. The number of hydrazone groups is 1. The lowest BCUT2D eigenvalue weighted by Crippen LogP contribution is -2.37. The van der Waals surface area contributed by atoms with E-state index < -0.39 is 0 Å². The monoisotopic (exact) mass is 423 g/mol. The molecule has 3 aromatic rings. The largest absolute Gasteiger partial charge is 0.471 e. The van der Waals surface area contributed by atoms with Gasteiger partial charge in [-0.15, -0.1) is 0 Å². The number of aryl methyl sites for hydroxylation is 2. The first-order valence-corrected chi connectivity index (χ1v) is 10.5. The van der Waals surface area contributed by atoms with Crippen LogP contribution in [-0.2, 0) is 18.4 Å². The summed E-state index contributed by atoms with van der Waals surface area (Å²) >= 11 is 0. The summed E-state index contributed by atoms with van der Waals surface area (Å²) in [4.78, 5) is 28.0. The van der Waals surface area contributed by atoms with Gasteiger partial charge in [-0.1, -0.05) is 0 Å². The van der Waals surface area contributed by atoms with Crippen molar-refractivity contribution in [1.82, 2.24) is 39.6 Å². The van der Waals surface area contributed by atoms with E-state index in [0.29, 0.717) is 36.7 Å². The van der Waals surface area contributed by atoms with E-state index in [2.05, 4.69) is 32.5 Å². The Morgan fingerprint density at radius 1 is 1.35 bits per heavy atom. The van der Waals surface area contributed by atoms with Crippen LogP contribution in [0.5, 0.6) is 5.88 Å². The van der Waals surface area contributed by atoms with Crippen molar-refractivity contribution in [2.75, 3.05) is 19.6 Å². The maximum atomic E-state index is 12.6. The lowest BCUT2D eigenvalue weighted by molar-refractivity contribution is -0.132. The van der Waals surface area contributed by atoms with Gasteiger partial charge in [0.2, 0.25) is 11.8 Å². The highest BCUT2D eigenvalue weighted by Gasteiger charge is 2.33. The van der Waals surface area contributed by atoms with Crippen LogP contribution in [0.3, 0.4) is 0 Å². The SMILES string of the molecule is CCn1ncc(-c2nc3c(O[C@H]4CCN(C(=O)C5C=NNC5)C4)ncnc3n2C)c1C. The summed E-state index contributed by atoms with van der Waals surface area (Å²) in [5.74, 6) is 1.09. The predicted molar refractivity (Wildman–Crippen MR) is 114 cm³/mol. The minimum Gasteiger partial charge on any atom is -0.471 e. The van der Waals surface area contributed by atoms with Gasteiger partial charge >= 0.3 is 0 Å². The van der Waals surface area contributed by atoms with Crippen molar-refractivity contribution in [2.45, 2.75) is 32.9 Å². The molecule has 1 fully saturated rings. The normalized spacial score (nSPS) is 20.5. The predicted octanol–water partition coefficient (Wildman–Crippen LogP) is 0.740. The van der Waals surface area contributed by atoms with Gasteiger partial charge in [0, 0.05) is 45.0 Å². The molecule has 2 aliphatic rings. The molecule has 11 heteroatoms. The number of nitrogens with zero attached hydrogens (tertiary/aromatic N) is 8. The molecule has 5 heterocycles. The Hall–Kier alpha value is -3.50. The van der Waals surface area contributed by atoms with Crippen molar-refractivity contribution in [3.05, 3.63) is 18.2 Å². The van der Waals surface area contributed by atoms with Crippen molar-refractivity contribution in [3.63, 3.8) is 0 Å². The summed E-state index contributed by atoms with van der Waals surface area (Å²) in [7, 11) is 1.93. The Kier molecular flexibility index (Phi) is 4.79. The number of carbonyl (C=O) groups excluding carboxylic acids is 1. The quantitative estimate of drug-likeness (QED) is 0.643. The Labute approximate surface area is 179 Å². The van der Waals surface area contributed by atoms with Crippen LogP contribution < -0.4 is 10.2 Å². The number of nitrogens with one attached hydrogen (secondary N) is 1.